The van der Waals surface area contributed by atoms with Gasteiger partial charge in [0.25, 0.3) is 0 Å². The lowest BCUT2D eigenvalue weighted by atomic mass is 9.98. The third-order valence-electron chi connectivity index (χ3n) is 8.07. The molecule has 0 bridgehead atoms. The topological polar surface area (TPSA) is 169 Å². The maximum atomic E-state index is 12.8. The Morgan fingerprint density at radius 1 is 0.884 bits per heavy atom. The fraction of sp³-hybridized carbons (Fsp3) is 0.781. The van der Waals surface area contributed by atoms with E-state index < -0.39 is 61.5 Å². The molecule has 1 aliphatic rings. The minimum Gasteiger partial charge on any atom is -0.394 e. The van der Waals surface area contributed by atoms with E-state index in [9.17, 15) is 35.4 Å². The van der Waals surface area contributed by atoms with Crippen molar-refractivity contribution in [1.29, 1.82) is 0 Å². The highest BCUT2D eigenvalue weighted by Gasteiger charge is 2.44. The second-order valence-corrected chi connectivity index (χ2v) is 12.2. The van der Waals surface area contributed by atoms with Gasteiger partial charge in [-0.15, -0.1) is 0 Å². The zero-order valence-electron chi connectivity index (χ0n) is 25.5. The highest BCUT2D eigenvalue weighted by atomic mass is 35.5. The summed E-state index contributed by atoms with van der Waals surface area (Å²) in [7, 11) is 0. The molecule has 0 radical (unpaired) electrons. The normalized spacial score (nSPS) is 24.4. The molecule has 0 saturated carbocycles. The molecule has 1 heterocycles. The van der Waals surface area contributed by atoms with Gasteiger partial charge < -0.3 is 45.4 Å². The molecule has 1 amide bonds. The molecule has 0 spiro atoms. The maximum absolute atomic E-state index is 12.8. The lowest BCUT2D eigenvalue weighted by Crippen LogP contribution is -2.60. The van der Waals surface area contributed by atoms with Crippen molar-refractivity contribution >= 4 is 17.5 Å². The first-order valence-electron chi connectivity index (χ1n) is 16.0. The summed E-state index contributed by atoms with van der Waals surface area (Å²) in [5.41, 5.74) is 0.696. The Hall–Kier alpha value is -1.34. The number of hydrogen-bond donors (Lipinski definition) is 7. The van der Waals surface area contributed by atoms with Gasteiger partial charge in [0, 0.05) is 5.02 Å². The molecular weight excluding hydrogens is 578 g/mol. The van der Waals surface area contributed by atoms with Crippen LogP contribution in [0.3, 0.4) is 0 Å². The molecule has 1 aromatic rings. The molecule has 10 nitrogen and oxygen atoms in total. The quantitative estimate of drug-likeness (QED) is 0.0951. The van der Waals surface area contributed by atoms with Crippen LogP contribution < -0.4 is 5.32 Å². The average molecular weight is 632 g/mol. The van der Waals surface area contributed by atoms with Gasteiger partial charge >= 0.3 is 0 Å². The van der Waals surface area contributed by atoms with Crippen LogP contribution in [0.5, 0.6) is 0 Å². The van der Waals surface area contributed by atoms with Gasteiger partial charge in [0.1, 0.15) is 30.5 Å². The smallest absolute Gasteiger partial charge is 0.224 e. The number of hydrogen-bond acceptors (Lipinski definition) is 9. The Kier molecular flexibility index (Phi) is 18.8. The second kappa shape index (κ2) is 21.4. The molecule has 43 heavy (non-hydrogen) atoms. The van der Waals surface area contributed by atoms with Crippen LogP contribution in [0.4, 0.5) is 0 Å². The number of ether oxygens (including phenoxy) is 2. The van der Waals surface area contributed by atoms with Gasteiger partial charge in [-0.1, -0.05) is 108 Å². The van der Waals surface area contributed by atoms with E-state index >= 15 is 0 Å². The molecule has 7 N–H and O–H groups in total. The van der Waals surface area contributed by atoms with Gasteiger partial charge in [0.05, 0.1) is 31.8 Å². The predicted molar refractivity (Wildman–Crippen MR) is 165 cm³/mol. The number of carbonyl (C=O) groups excluding carboxylic acids is 1. The van der Waals surface area contributed by atoms with Crippen LogP contribution >= 0.6 is 11.6 Å². The minimum absolute atomic E-state index is 0.00469. The van der Waals surface area contributed by atoms with Crippen molar-refractivity contribution in [3.8, 4) is 0 Å². The molecule has 2 unspecified atom stereocenters. The van der Waals surface area contributed by atoms with Crippen LogP contribution in [0, 0.1) is 0 Å². The Balaban J connectivity index is 1.85. The zero-order chi connectivity index (χ0) is 31.6. The fourth-order valence-corrected chi connectivity index (χ4v) is 5.43. The molecule has 1 saturated heterocycles. The number of carbonyl (C=O) groups is 1. The predicted octanol–water partition coefficient (Wildman–Crippen LogP) is 3.00. The Labute approximate surface area is 261 Å². The van der Waals surface area contributed by atoms with Crippen LogP contribution in [0.1, 0.15) is 96.0 Å². The van der Waals surface area contributed by atoms with Gasteiger partial charge in [0.15, 0.2) is 6.29 Å². The van der Waals surface area contributed by atoms with E-state index in [-0.39, 0.29) is 13.0 Å². The second-order valence-electron chi connectivity index (χ2n) is 11.7. The number of aliphatic hydroxyl groups is 6. The number of rotatable bonds is 22. The first kappa shape index (κ1) is 37.8. The van der Waals surface area contributed by atoms with Crippen LogP contribution in [0.2, 0.25) is 5.02 Å². The zero-order valence-corrected chi connectivity index (χ0v) is 26.3. The summed E-state index contributed by atoms with van der Waals surface area (Å²) in [6, 6.07) is 5.67. The van der Waals surface area contributed by atoms with Crippen molar-refractivity contribution < 1.29 is 44.9 Å². The standard InChI is InChI=1S/C32H54ClNO9/c1-2-3-4-5-6-7-8-9-10-11-12-13-14-25(36)28(38)24(34-27(37)19-22-15-17-23(33)18-16-22)21-42-32-31(41)30(40)29(39)26(20-35)43-32/h15-18,24-26,28-32,35-36,38-41H,2-14,19-21H2,1H3,(H,34,37)/t24-,25+,26?,28-,29-,30-,31?,32-/m0/s1. The van der Waals surface area contributed by atoms with Gasteiger partial charge in [-0.05, 0) is 24.1 Å². The first-order chi connectivity index (χ1) is 20.7. The average Bonchev–Trinajstić information content (AvgIpc) is 3.00. The number of amides is 1. The van der Waals surface area contributed by atoms with E-state index in [1.54, 1.807) is 24.3 Å². The summed E-state index contributed by atoms with van der Waals surface area (Å²) in [5, 5.41) is 64.8. The maximum Gasteiger partial charge on any atom is 0.224 e. The number of aliphatic hydroxyl groups excluding tert-OH is 6. The van der Waals surface area contributed by atoms with Crippen LogP contribution in [0.15, 0.2) is 24.3 Å². The van der Waals surface area contributed by atoms with Gasteiger partial charge in [-0.2, -0.15) is 0 Å². The summed E-state index contributed by atoms with van der Waals surface area (Å²) < 4.78 is 11.0. The Morgan fingerprint density at radius 2 is 1.44 bits per heavy atom. The summed E-state index contributed by atoms with van der Waals surface area (Å²) in [6.07, 6.45) is 4.53. The molecule has 0 aliphatic carbocycles. The summed E-state index contributed by atoms with van der Waals surface area (Å²) in [6.45, 7) is 1.24. The molecule has 0 aromatic heterocycles. The number of nitrogens with one attached hydrogen (secondary N) is 1. The van der Waals surface area contributed by atoms with E-state index in [0.29, 0.717) is 23.4 Å². The lowest BCUT2D eigenvalue weighted by molar-refractivity contribution is -0.303. The Morgan fingerprint density at radius 3 is 2.00 bits per heavy atom. The fourth-order valence-electron chi connectivity index (χ4n) is 5.31. The highest BCUT2D eigenvalue weighted by molar-refractivity contribution is 6.30. The SMILES string of the molecule is CCCCCCCCCCCCCC[C@@H](O)[C@@H](O)[C@H](CO[C@H]1OC(CO)[C@H](O)[C@H](O)C1O)NC(=O)Cc1ccc(Cl)cc1. The van der Waals surface area contributed by atoms with Crippen LogP contribution in [-0.2, 0) is 20.7 Å². The molecule has 1 aromatic carbocycles. The van der Waals surface area contributed by atoms with Gasteiger partial charge in [0.2, 0.25) is 5.91 Å². The van der Waals surface area contributed by atoms with E-state index in [2.05, 4.69) is 12.2 Å². The molecule has 2 rings (SSSR count). The molecule has 1 aliphatic heterocycles. The first-order valence-corrected chi connectivity index (χ1v) is 16.4. The molecule has 1 fully saturated rings. The largest absolute Gasteiger partial charge is 0.394 e. The van der Waals surface area contributed by atoms with Crippen molar-refractivity contribution in [2.45, 2.75) is 146 Å². The molecule has 248 valence electrons. The minimum atomic E-state index is -1.63. The van der Waals surface area contributed by atoms with E-state index in [1.807, 2.05) is 0 Å². The summed E-state index contributed by atoms with van der Waals surface area (Å²) in [4.78, 5) is 12.8. The van der Waals surface area contributed by atoms with Gasteiger partial charge in [-0.25, -0.2) is 0 Å². The van der Waals surface area contributed by atoms with Crippen molar-refractivity contribution in [3.05, 3.63) is 34.9 Å². The monoisotopic (exact) mass is 631 g/mol. The van der Waals surface area contributed by atoms with Crippen molar-refractivity contribution in [2.24, 2.45) is 0 Å². The van der Waals surface area contributed by atoms with Gasteiger partial charge in [-0.3, -0.25) is 4.79 Å². The van der Waals surface area contributed by atoms with E-state index in [1.165, 1.54) is 51.4 Å². The third kappa shape index (κ3) is 14.1. The van der Waals surface area contributed by atoms with E-state index in [0.717, 1.165) is 19.3 Å². The number of halogens is 1. The van der Waals surface area contributed by atoms with Crippen molar-refractivity contribution in [1.82, 2.24) is 5.32 Å². The van der Waals surface area contributed by atoms with E-state index in [4.69, 9.17) is 21.1 Å². The number of benzene rings is 1. The third-order valence-corrected chi connectivity index (χ3v) is 8.32. The van der Waals surface area contributed by atoms with Crippen molar-refractivity contribution in [3.63, 3.8) is 0 Å². The molecule has 8 atom stereocenters. The molecule has 11 heteroatoms. The lowest BCUT2D eigenvalue weighted by Gasteiger charge is -2.40. The molecular formula is C32H54ClNO9. The van der Waals surface area contributed by atoms with Crippen LogP contribution in [-0.4, -0.2) is 98.7 Å². The summed E-state index contributed by atoms with van der Waals surface area (Å²) in [5.74, 6) is -0.429. The summed E-state index contributed by atoms with van der Waals surface area (Å²) >= 11 is 5.93. The number of unbranched alkanes of at least 4 members (excludes halogenated alkanes) is 11. The highest BCUT2D eigenvalue weighted by Crippen LogP contribution is 2.23. The Bertz CT molecular complexity index is 875. The van der Waals surface area contributed by atoms with Crippen LogP contribution in [0.25, 0.3) is 0 Å². The van der Waals surface area contributed by atoms with Crippen molar-refractivity contribution in [2.75, 3.05) is 13.2 Å².